The lowest BCUT2D eigenvalue weighted by Gasteiger charge is -2.08. The zero-order chi connectivity index (χ0) is 17.8. The van der Waals surface area contributed by atoms with Gasteiger partial charge in [0.05, 0.1) is 17.7 Å². The molecule has 0 bridgehead atoms. The number of carbonyl (C=O) groups is 1. The normalized spacial score (nSPS) is 10.8. The minimum atomic E-state index is -0.316. The molecule has 5 heteroatoms. The van der Waals surface area contributed by atoms with E-state index in [0.29, 0.717) is 10.8 Å². The second kappa shape index (κ2) is 7.62. The first-order valence-electron chi connectivity index (χ1n) is 8.05. The van der Waals surface area contributed by atoms with Gasteiger partial charge >= 0.3 is 5.97 Å². The number of hydrogen-bond acceptors (Lipinski definition) is 4. The van der Waals surface area contributed by atoms with Gasteiger partial charge in [-0.15, -0.1) is 0 Å². The third kappa shape index (κ3) is 4.15. The van der Waals surface area contributed by atoms with Crippen molar-refractivity contribution in [2.45, 2.75) is 20.3 Å². The Morgan fingerprint density at radius 2 is 1.88 bits per heavy atom. The number of fused-ring (bicyclic) bond motifs is 1. The van der Waals surface area contributed by atoms with E-state index in [1.54, 1.807) is 18.4 Å². The number of rotatable bonds is 6. The smallest absolute Gasteiger partial charge is 0.310 e. The van der Waals surface area contributed by atoms with Gasteiger partial charge in [-0.3, -0.25) is 4.79 Å². The van der Waals surface area contributed by atoms with Crippen LogP contribution in [-0.2, 0) is 16.0 Å². The van der Waals surface area contributed by atoms with E-state index in [1.807, 2.05) is 38.1 Å². The Morgan fingerprint density at radius 3 is 2.68 bits per heavy atom. The lowest BCUT2D eigenvalue weighted by atomic mass is 10.0. The fourth-order valence-electron chi connectivity index (χ4n) is 2.55. The molecule has 0 aliphatic heterocycles. The summed E-state index contributed by atoms with van der Waals surface area (Å²) in [6, 6.07) is 11.2. The Morgan fingerprint density at radius 1 is 1.12 bits per heavy atom. The lowest BCUT2D eigenvalue weighted by molar-refractivity contribution is -0.143. The van der Waals surface area contributed by atoms with Gasteiger partial charge in [-0.05, 0) is 49.2 Å². The van der Waals surface area contributed by atoms with Crippen LogP contribution in [0.2, 0.25) is 5.02 Å². The molecule has 0 atom stereocenters. The number of benzene rings is 2. The van der Waals surface area contributed by atoms with E-state index in [9.17, 15) is 4.79 Å². The van der Waals surface area contributed by atoms with Crippen LogP contribution in [0, 0.1) is 13.8 Å². The van der Waals surface area contributed by atoms with Crippen molar-refractivity contribution in [3.05, 3.63) is 64.4 Å². The average molecular weight is 359 g/mol. The highest BCUT2D eigenvalue weighted by atomic mass is 35.5. The van der Waals surface area contributed by atoms with Crippen LogP contribution in [0.15, 0.2) is 47.1 Å². The molecule has 0 amide bonds. The molecule has 0 aliphatic carbocycles. The minimum Gasteiger partial charge on any atom is -0.488 e. The van der Waals surface area contributed by atoms with Crippen LogP contribution in [0.4, 0.5) is 0 Å². The molecule has 0 radical (unpaired) electrons. The summed E-state index contributed by atoms with van der Waals surface area (Å²) in [5.41, 5.74) is 3.94. The number of esters is 1. The van der Waals surface area contributed by atoms with Gasteiger partial charge < -0.3 is 13.9 Å². The van der Waals surface area contributed by atoms with Crippen molar-refractivity contribution in [1.82, 2.24) is 0 Å². The monoisotopic (exact) mass is 358 g/mol. The molecular weight excluding hydrogens is 340 g/mol. The van der Waals surface area contributed by atoms with Crippen molar-refractivity contribution in [3.8, 4) is 5.75 Å². The molecule has 0 aliphatic rings. The molecule has 1 aromatic heterocycles. The number of halogens is 1. The molecule has 0 fully saturated rings. The van der Waals surface area contributed by atoms with Gasteiger partial charge in [0.15, 0.2) is 0 Å². The second-order valence-corrected chi connectivity index (χ2v) is 6.28. The third-order valence-electron chi connectivity index (χ3n) is 4.05. The summed E-state index contributed by atoms with van der Waals surface area (Å²) in [4.78, 5) is 12.0. The van der Waals surface area contributed by atoms with E-state index in [2.05, 4.69) is 0 Å². The topological polar surface area (TPSA) is 48.7 Å². The van der Waals surface area contributed by atoms with E-state index in [1.165, 1.54) is 0 Å². The van der Waals surface area contributed by atoms with Gasteiger partial charge in [0.25, 0.3) is 0 Å². The highest BCUT2D eigenvalue weighted by Gasteiger charge is 2.12. The maximum atomic E-state index is 12.0. The predicted molar refractivity (Wildman–Crippen MR) is 97.3 cm³/mol. The molecule has 0 unspecified atom stereocenters. The van der Waals surface area contributed by atoms with Crippen LogP contribution in [0.25, 0.3) is 11.0 Å². The summed E-state index contributed by atoms with van der Waals surface area (Å²) in [6.45, 7) is 4.48. The van der Waals surface area contributed by atoms with Crippen molar-refractivity contribution in [1.29, 1.82) is 0 Å². The van der Waals surface area contributed by atoms with Gasteiger partial charge in [-0.2, -0.15) is 0 Å². The molecule has 0 spiro atoms. The largest absolute Gasteiger partial charge is 0.488 e. The maximum Gasteiger partial charge on any atom is 0.310 e. The summed E-state index contributed by atoms with van der Waals surface area (Å²) in [5.74, 6) is 0.260. The highest BCUT2D eigenvalue weighted by molar-refractivity contribution is 6.32. The second-order valence-electron chi connectivity index (χ2n) is 5.87. The molecular formula is C20H19ClO4. The van der Waals surface area contributed by atoms with Crippen LogP contribution in [0.1, 0.15) is 16.7 Å². The summed E-state index contributed by atoms with van der Waals surface area (Å²) in [7, 11) is 0. The average Bonchev–Trinajstić information content (AvgIpc) is 2.95. The molecule has 0 saturated carbocycles. The number of aryl methyl sites for hydroxylation is 2. The number of hydrogen-bond donors (Lipinski definition) is 0. The zero-order valence-electron chi connectivity index (χ0n) is 14.2. The van der Waals surface area contributed by atoms with Crippen LogP contribution >= 0.6 is 11.6 Å². The van der Waals surface area contributed by atoms with E-state index in [-0.39, 0.29) is 25.6 Å². The molecule has 0 N–H and O–H groups in total. The zero-order valence-corrected chi connectivity index (χ0v) is 14.9. The predicted octanol–water partition coefficient (Wildman–Crippen LogP) is 4.87. The van der Waals surface area contributed by atoms with E-state index >= 15 is 0 Å². The molecule has 1 heterocycles. The summed E-state index contributed by atoms with van der Waals surface area (Å²) in [5, 5.41) is 1.48. The quantitative estimate of drug-likeness (QED) is 0.466. The van der Waals surface area contributed by atoms with Gasteiger partial charge in [0.2, 0.25) is 0 Å². The van der Waals surface area contributed by atoms with Gasteiger partial charge in [0.1, 0.15) is 24.5 Å². The highest BCUT2D eigenvalue weighted by Crippen LogP contribution is 2.25. The minimum absolute atomic E-state index is 0.165. The van der Waals surface area contributed by atoms with Gasteiger partial charge in [-0.25, -0.2) is 0 Å². The summed E-state index contributed by atoms with van der Waals surface area (Å²) >= 11 is 6.00. The number of para-hydroxylation sites is 1. The van der Waals surface area contributed by atoms with E-state index < -0.39 is 0 Å². The SMILES string of the molecule is Cc1cc2occ(CC(=O)OCCOc3ccccc3Cl)c2cc1C. The third-order valence-corrected chi connectivity index (χ3v) is 4.36. The Kier molecular flexibility index (Phi) is 5.29. The molecule has 0 saturated heterocycles. The molecule has 3 rings (SSSR count). The summed E-state index contributed by atoms with van der Waals surface area (Å²) in [6.07, 6.45) is 1.78. The Labute approximate surface area is 151 Å². The molecule has 3 aromatic rings. The van der Waals surface area contributed by atoms with Gasteiger partial charge in [-0.1, -0.05) is 23.7 Å². The van der Waals surface area contributed by atoms with Crippen molar-refractivity contribution in [3.63, 3.8) is 0 Å². The number of carbonyl (C=O) groups excluding carboxylic acids is 1. The Hall–Kier alpha value is -2.46. The van der Waals surface area contributed by atoms with Crippen LogP contribution in [0.3, 0.4) is 0 Å². The summed E-state index contributed by atoms with van der Waals surface area (Å²) < 4.78 is 16.3. The van der Waals surface area contributed by atoms with Crippen molar-refractivity contribution < 1.29 is 18.7 Å². The van der Waals surface area contributed by atoms with Crippen LogP contribution in [0.5, 0.6) is 5.75 Å². The van der Waals surface area contributed by atoms with Crippen molar-refractivity contribution in [2.24, 2.45) is 0 Å². The Bertz CT molecular complexity index is 898. The Balaban J connectivity index is 1.53. The van der Waals surface area contributed by atoms with Crippen LogP contribution in [-0.4, -0.2) is 19.2 Å². The van der Waals surface area contributed by atoms with Crippen molar-refractivity contribution in [2.75, 3.05) is 13.2 Å². The molecule has 130 valence electrons. The first-order chi connectivity index (χ1) is 12.0. The van der Waals surface area contributed by atoms with Gasteiger partial charge in [0, 0.05) is 10.9 Å². The fraction of sp³-hybridized carbons (Fsp3) is 0.250. The lowest BCUT2D eigenvalue weighted by Crippen LogP contribution is -2.14. The first-order valence-corrected chi connectivity index (χ1v) is 8.42. The number of furan rings is 1. The van der Waals surface area contributed by atoms with E-state index in [4.69, 9.17) is 25.5 Å². The van der Waals surface area contributed by atoms with E-state index in [0.717, 1.165) is 27.7 Å². The molecule has 2 aromatic carbocycles. The fourth-order valence-corrected chi connectivity index (χ4v) is 2.74. The van der Waals surface area contributed by atoms with Crippen molar-refractivity contribution >= 4 is 28.5 Å². The number of ether oxygens (including phenoxy) is 2. The maximum absolute atomic E-state index is 12.0. The first kappa shape index (κ1) is 17.4. The molecule has 25 heavy (non-hydrogen) atoms. The van der Waals surface area contributed by atoms with Crippen LogP contribution < -0.4 is 4.74 Å². The standard InChI is InChI=1S/C20H19ClO4/c1-13-9-16-15(12-25-19(16)10-14(13)2)11-20(22)24-8-7-23-18-6-4-3-5-17(18)21/h3-6,9-10,12H,7-8,11H2,1-2H3. The molecule has 4 nitrogen and oxygen atoms in total.